The summed E-state index contributed by atoms with van der Waals surface area (Å²) >= 11 is 0. The monoisotopic (exact) mass is 352 g/mol. The van der Waals surface area contributed by atoms with Crippen molar-refractivity contribution in [3.63, 3.8) is 0 Å². The number of rotatable bonds is 5. The zero-order valence-corrected chi connectivity index (χ0v) is 14.4. The molecule has 3 heterocycles. The van der Waals surface area contributed by atoms with E-state index in [1.807, 2.05) is 6.92 Å². The van der Waals surface area contributed by atoms with Crippen LogP contribution < -0.4 is 10.5 Å². The fourth-order valence-electron chi connectivity index (χ4n) is 2.84. The third-order valence-electron chi connectivity index (χ3n) is 4.07. The van der Waals surface area contributed by atoms with E-state index in [1.54, 1.807) is 11.7 Å². The lowest BCUT2D eigenvalue weighted by molar-refractivity contribution is 0.0992. The first-order valence-electron chi connectivity index (χ1n) is 7.74. The minimum atomic E-state index is -3.79. The molecular weight excluding hydrogens is 332 g/mol. The standard InChI is InChI=1S/C14H20N6O3S/c1-3-12-16-14-10(5-4-6-20(14)17-12)18-24(22,23)9-7-11(13(15)21)19(2)8-9/h7-8,10,18H,3-6H2,1-2H3,(H2,15,21). The number of carbonyl (C=O) groups is 1. The molecule has 1 aliphatic rings. The van der Waals surface area contributed by atoms with E-state index in [2.05, 4.69) is 14.8 Å². The Morgan fingerprint density at radius 1 is 1.50 bits per heavy atom. The van der Waals surface area contributed by atoms with Crippen LogP contribution in [0, 0.1) is 0 Å². The molecule has 0 saturated heterocycles. The van der Waals surface area contributed by atoms with Crippen molar-refractivity contribution in [1.82, 2.24) is 24.1 Å². The molecule has 0 aromatic carbocycles. The second-order valence-electron chi connectivity index (χ2n) is 5.82. The number of nitrogens with two attached hydrogens (primary N) is 1. The summed E-state index contributed by atoms with van der Waals surface area (Å²) in [6.07, 6.45) is 3.53. The predicted molar refractivity (Wildman–Crippen MR) is 85.6 cm³/mol. The number of nitrogens with one attached hydrogen (secondary N) is 1. The Kier molecular flexibility index (Phi) is 4.18. The van der Waals surface area contributed by atoms with Crippen LogP contribution in [0.5, 0.6) is 0 Å². The Hall–Kier alpha value is -2.20. The molecule has 0 bridgehead atoms. The van der Waals surface area contributed by atoms with Crippen LogP contribution in [0.25, 0.3) is 0 Å². The van der Waals surface area contributed by atoms with Crippen molar-refractivity contribution in [2.45, 2.75) is 43.7 Å². The third kappa shape index (κ3) is 2.94. The molecule has 130 valence electrons. The number of carbonyl (C=O) groups excluding carboxylic acids is 1. The Bertz CT molecular complexity index is 882. The van der Waals surface area contributed by atoms with Gasteiger partial charge in [-0.05, 0) is 18.9 Å². The Labute approximate surface area is 139 Å². The van der Waals surface area contributed by atoms with Crippen molar-refractivity contribution in [1.29, 1.82) is 0 Å². The van der Waals surface area contributed by atoms with Gasteiger partial charge in [0, 0.05) is 26.2 Å². The van der Waals surface area contributed by atoms with E-state index in [0.29, 0.717) is 24.5 Å². The van der Waals surface area contributed by atoms with Gasteiger partial charge in [0.05, 0.1) is 6.04 Å². The minimum absolute atomic E-state index is 0.00570. The van der Waals surface area contributed by atoms with Crippen molar-refractivity contribution in [2.24, 2.45) is 12.8 Å². The van der Waals surface area contributed by atoms with Gasteiger partial charge in [-0.25, -0.2) is 22.8 Å². The summed E-state index contributed by atoms with van der Waals surface area (Å²) in [5.74, 6) is 0.656. The van der Waals surface area contributed by atoms with Crippen LogP contribution in [0.2, 0.25) is 0 Å². The van der Waals surface area contributed by atoms with E-state index in [4.69, 9.17) is 5.73 Å². The fourth-order valence-corrected chi connectivity index (χ4v) is 4.14. The highest BCUT2D eigenvalue weighted by Crippen LogP contribution is 2.26. The highest BCUT2D eigenvalue weighted by molar-refractivity contribution is 7.89. The summed E-state index contributed by atoms with van der Waals surface area (Å²) in [6, 6.07) is 0.837. The highest BCUT2D eigenvalue weighted by Gasteiger charge is 2.29. The molecule has 3 N–H and O–H groups in total. The van der Waals surface area contributed by atoms with Gasteiger partial charge in [0.25, 0.3) is 5.91 Å². The molecule has 0 radical (unpaired) electrons. The summed E-state index contributed by atoms with van der Waals surface area (Å²) in [4.78, 5) is 15.7. The summed E-state index contributed by atoms with van der Waals surface area (Å²) in [5, 5.41) is 4.37. The minimum Gasteiger partial charge on any atom is -0.364 e. The van der Waals surface area contributed by atoms with Crippen molar-refractivity contribution in [3.8, 4) is 0 Å². The first kappa shape index (κ1) is 16.7. The van der Waals surface area contributed by atoms with Crippen molar-refractivity contribution in [3.05, 3.63) is 29.6 Å². The summed E-state index contributed by atoms with van der Waals surface area (Å²) in [7, 11) is -2.22. The molecule has 0 aliphatic carbocycles. The molecule has 2 aromatic heterocycles. The van der Waals surface area contributed by atoms with Gasteiger partial charge in [-0.1, -0.05) is 6.92 Å². The van der Waals surface area contributed by atoms with Crippen LogP contribution in [0.1, 0.15) is 47.9 Å². The van der Waals surface area contributed by atoms with E-state index in [9.17, 15) is 13.2 Å². The van der Waals surface area contributed by atoms with E-state index in [1.165, 1.54) is 16.8 Å². The Balaban J connectivity index is 1.89. The highest BCUT2D eigenvalue weighted by atomic mass is 32.2. The number of nitrogens with zero attached hydrogens (tertiary/aromatic N) is 4. The second kappa shape index (κ2) is 6.02. The zero-order valence-electron chi connectivity index (χ0n) is 13.6. The number of hydrogen-bond donors (Lipinski definition) is 2. The fraction of sp³-hybridized carbons (Fsp3) is 0.500. The molecule has 1 unspecified atom stereocenters. The number of sulfonamides is 1. The molecule has 1 amide bonds. The van der Waals surface area contributed by atoms with Gasteiger partial charge in [-0.2, -0.15) is 5.10 Å². The summed E-state index contributed by atoms with van der Waals surface area (Å²) < 4.78 is 31.1. The van der Waals surface area contributed by atoms with Crippen LogP contribution in [0.4, 0.5) is 0 Å². The first-order valence-corrected chi connectivity index (χ1v) is 9.22. The van der Waals surface area contributed by atoms with E-state index >= 15 is 0 Å². The molecular formula is C14H20N6O3S. The average molecular weight is 352 g/mol. The van der Waals surface area contributed by atoms with Gasteiger partial charge in [-0.3, -0.25) is 4.79 Å². The molecule has 2 aromatic rings. The van der Waals surface area contributed by atoms with Gasteiger partial charge in [-0.15, -0.1) is 0 Å². The zero-order chi connectivity index (χ0) is 17.5. The van der Waals surface area contributed by atoms with Gasteiger partial charge >= 0.3 is 0 Å². The number of amides is 1. The molecule has 0 spiro atoms. The molecule has 1 aliphatic heterocycles. The molecule has 1 atom stereocenters. The number of primary amides is 1. The molecule has 0 saturated carbocycles. The number of aryl methyl sites for hydroxylation is 3. The number of fused-ring (bicyclic) bond motifs is 1. The molecule has 0 fully saturated rings. The lowest BCUT2D eigenvalue weighted by atomic mass is 10.1. The van der Waals surface area contributed by atoms with Gasteiger partial charge in [0.1, 0.15) is 16.4 Å². The smallest absolute Gasteiger partial charge is 0.265 e. The summed E-state index contributed by atoms with van der Waals surface area (Å²) in [5.41, 5.74) is 5.37. The SMILES string of the molecule is CCc1nc2n(n1)CCCC2NS(=O)(=O)c1cc(C(N)=O)n(C)c1. The predicted octanol–water partition coefficient (Wildman–Crippen LogP) is 0.0913. The number of aromatic nitrogens is 4. The molecule has 24 heavy (non-hydrogen) atoms. The maximum absolute atomic E-state index is 12.6. The third-order valence-corrected chi connectivity index (χ3v) is 5.51. The second-order valence-corrected chi connectivity index (χ2v) is 7.53. The number of hydrogen-bond acceptors (Lipinski definition) is 5. The van der Waals surface area contributed by atoms with Gasteiger partial charge < -0.3 is 10.3 Å². The van der Waals surface area contributed by atoms with Crippen LogP contribution in [-0.2, 0) is 30.0 Å². The van der Waals surface area contributed by atoms with Crippen LogP contribution >= 0.6 is 0 Å². The van der Waals surface area contributed by atoms with Crippen LogP contribution in [0.3, 0.4) is 0 Å². The maximum Gasteiger partial charge on any atom is 0.265 e. The first-order chi connectivity index (χ1) is 11.3. The van der Waals surface area contributed by atoms with Crippen LogP contribution in [0.15, 0.2) is 17.2 Å². The van der Waals surface area contributed by atoms with Crippen molar-refractivity contribution >= 4 is 15.9 Å². The molecule has 3 rings (SSSR count). The normalized spacial score (nSPS) is 17.7. The maximum atomic E-state index is 12.6. The quantitative estimate of drug-likeness (QED) is 0.789. The van der Waals surface area contributed by atoms with Gasteiger partial charge in [0.2, 0.25) is 10.0 Å². The van der Waals surface area contributed by atoms with E-state index < -0.39 is 22.0 Å². The van der Waals surface area contributed by atoms with E-state index in [0.717, 1.165) is 13.0 Å². The lowest BCUT2D eigenvalue weighted by Gasteiger charge is -2.22. The van der Waals surface area contributed by atoms with Crippen LogP contribution in [-0.4, -0.2) is 33.7 Å². The van der Waals surface area contributed by atoms with Gasteiger partial charge in [0.15, 0.2) is 5.82 Å². The molecule has 10 heteroatoms. The largest absolute Gasteiger partial charge is 0.364 e. The van der Waals surface area contributed by atoms with E-state index in [-0.39, 0.29) is 10.6 Å². The summed E-state index contributed by atoms with van der Waals surface area (Å²) in [6.45, 7) is 2.69. The lowest BCUT2D eigenvalue weighted by Crippen LogP contribution is -2.33. The van der Waals surface area contributed by atoms with Crippen molar-refractivity contribution < 1.29 is 13.2 Å². The topological polar surface area (TPSA) is 125 Å². The Morgan fingerprint density at radius 3 is 2.88 bits per heavy atom. The molecule has 9 nitrogen and oxygen atoms in total. The average Bonchev–Trinajstić information content (AvgIpc) is 3.11. The van der Waals surface area contributed by atoms with Crippen molar-refractivity contribution in [2.75, 3.05) is 0 Å². The Morgan fingerprint density at radius 2 is 2.25 bits per heavy atom.